The van der Waals surface area contributed by atoms with Crippen LogP contribution >= 0.6 is 26.6 Å². The first kappa shape index (κ1) is 15.7. The van der Waals surface area contributed by atoms with Gasteiger partial charge in [-0.15, -0.1) is 0 Å². The summed E-state index contributed by atoms with van der Waals surface area (Å²) in [6.45, 7) is 0.854. The molecule has 0 N–H and O–H groups in total. The lowest BCUT2D eigenvalue weighted by Crippen LogP contribution is -2.03. The average molecular weight is 362 g/mol. The van der Waals surface area contributed by atoms with Crippen LogP contribution in [-0.4, -0.2) is 28.7 Å². The summed E-state index contributed by atoms with van der Waals surface area (Å²) in [5, 5.41) is 0. The van der Waals surface area contributed by atoms with Crippen molar-refractivity contribution in [3.63, 3.8) is 0 Å². The van der Waals surface area contributed by atoms with Crippen LogP contribution in [0.2, 0.25) is 0 Å². The first-order valence-corrected chi connectivity index (χ1v) is 8.02. The van der Waals surface area contributed by atoms with Gasteiger partial charge in [0.2, 0.25) is 0 Å². The molecule has 0 saturated carbocycles. The Morgan fingerprint density at radius 2 is 2.06 bits per heavy atom. The molecule has 0 heterocycles. The molecule has 1 aromatic rings. The predicted octanol–water partition coefficient (Wildman–Crippen LogP) is 2.93. The van der Waals surface area contributed by atoms with Gasteiger partial charge in [0.1, 0.15) is 16.5 Å². The molecule has 0 fully saturated rings. The Labute approximate surface area is 118 Å². The molecule has 0 aliphatic rings. The third-order valence-corrected chi connectivity index (χ3v) is 3.96. The van der Waals surface area contributed by atoms with Gasteiger partial charge in [-0.1, -0.05) is 0 Å². The molecular formula is C10H11BrClFO4S. The van der Waals surface area contributed by atoms with Gasteiger partial charge < -0.3 is 9.47 Å². The summed E-state index contributed by atoms with van der Waals surface area (Å²) in [5.41, 5.74) is 0. The summed E-state index contributed by atoms with van der Waals surface area (Å²) in [6, 6.07) is 2.05. The molecule has 0 aliphatic heterocycles. The van der Waals surface area contributed by atoms with Crippen LogP contribution in [0.1, 0.15) is 6.42 Å². The minimum Gasteiger partial charge on any atom is -0.492 e. The lowest BCUT2D eigenvalue weighted by Gasteiger charge is -2.09. The third kappa shape index (κ3) is 4.38. The zero-order valence-electron chi connectivity index (χ0n) is 9.45. The van der Waals surface area contributed by atoms with Crippen molar-refractivity contribution in [1.29, 1.82) is 0 Å². The summed E-state index contributed by atoms with van der Waals surface area (Å²) in [4.78, 5) is -0.583. The van der Waals surface area contributed by atoms with E-state index >= 15 is 0 Å². The van der Waals surface area contributed by atoms with E-state index in [-0.39, 0.29) is 5.75 Å². The van der Waals surface area contributed by atoms with Gasteiger partial charge >= 0.3 is 0 Å². The Hall–Kier alpha value is -0.370. The standard InChI is InChI=1S/C10H11BrClFO4S/c1-16-3-2-4-17-9-6-8(13)10(5-7(9)11)18(12,14)15/h5-6H,2-4H2,1H3. The van der Waals surface area contributed by atoms with Crippen LogP contribution in [0.3, 0.4) is 0 Å². The predicted molar refractivity (Wildman–Crippen MR) is 69.1 cm³/mol. The van der Waals surface area contributed by atoms with Crippen LogP contribution in [0.4, 0.5) is 4.39 Å². The second-order valence-corrected chi connectivity index (χ2v) is 6.73. The molecule has 0 spiro atoms. The number of ether oxygens (including phenoxy) is 2. The zero-order chi connectivity index (χ0) is 13.8. The molecule has 0 aliphatic carbocycles. The van der Waals surface area contributed by atoms with Gasteiger partial charge in [0.05, 0.1) is 11.1 Å². The molecule has 4 nitrogen and oxygen atoms in total. The van der Waals surface area contributed by atoms with Crippen molar-refractivity contribution >= 4 is 35.7 Å². The Kier molecular flexibility index (Phi) is 5.84. The monoisotopic (exact) mass is 360 g/mol. The third-order valence-electron chi connectivity index (χ3n) is 2.00. The molecule has 1 rings (SSSR count). The number of benzene rings is 1. The summed E-state index contributed by atoms with van der Waals surface area (Å²) in [5.74, 6) is -0.734. The van der Waals surface area contributed by atoms with Gasteiger partial charge in [-0.3, -0.25) is 0 Å². The first-order chi connectivity index (χ1) is 8.36. The Morgan fingerprint density at radius 3 is 2.61 bits per heavy atom. The molecule has 0 unspecified atom stereocenters. The lowest BCUT2D eigenvalue weighted by molar-refractivity contribution is 0.171. The highest BCUT2D eigenvalue weighted by Crippen LogP contribution is 2.31. The quantitative estimate of drug-likeness (QED) is 0.577. The highest BCUT2D eigenvalue weighted by atomic mass is 79.9. The Morgan fingerprint density at radius 1 is 1.39 bits per heavy atom. The number of halogens is 3. The van der Waals surface area contributed by atoms with Crippen molar-refractivity contribution in [2.75, 3.05) is 20.3 Å². The molecule has 0 bridgehead atoms. The van der Waals surface area contributed by atoms with Crippen LogP contribution < -0.4 is 4.74 Å². The van der Waals surface area contributed by atoms with E-state index in [9.17, 15) is 12.8 Å². The second-order valence-electron chi connectivity index (χ2n) is 3.35. The molecule has 0 radical (unpaired) electrons. The normalized spacial score (nSPS) is 11.6. The summed E-state index contributed by atoms with van der Waals surface area (Å²) in [7, 11) is 2.54. The Balaban J connectivity index is 2.87. The van der Waals surface area contributed by atoms with Gasteiger partial charge in [-0.2, -0.15) is 0 Å². The van der Waals surface area contributed by atoms with E-state index in [0.717, 1.165) is 12.1 Å². The smallest absolute Gasteiger partial charge is 0.264 e. The molecule has 18 heavy (non-hydrogen) atoms. The molecule has 0 amide bonds. The second kappa shape index (κ2) is 6.70. The molecule has 0 aromatic heterocycles. The topological polar surface area (TPSA) is 52.6 Å². The average Bonchev–Trinajstić information content (AvgIpc) is 2.27. The SMILES string of the molecule is COCCCOc1cc(F)c(S(=O)(=O)Cl)cc1Br. The molecule has 8 heteroatoms. The maximum Gasteiger partial charge on any atom is 0.264 e. The van der Waals surface area contributed by atoms with Crippen molar-refractivity contribution in [3.8, 4) is 5.75 Å². The van der Waals surface area contributed by atoms with E-state index < -0.39 is 19.8 Å². The van der Waals surface area contributed by atoms with Crippen LogP contribution in [0, 0.1) is 5.82 Å². The fraction of sp³-hybridized carbons (Fsp3) is 0.400. The van der Waals surface area contributed by atoms with Crippen molar-refractivity contribution in [1.82, 2.24) is 0 Å². The van der Waals surface area contributed by atoms with Gasteiger partial charge in [0, 0.05) is 36.9 Å². The van der Waals surface area contributed by atoms with Gasteiger partial charge in [0.15, 0.2) is 0 Å². The molecule has 102 valence electrons. The summed E-state index contributed by atoms with van der Waals surface area (Å²) < 4.78 is 46.1. The summed E-state index contributed by atoms with van der Waals surface area (Å²) in [6.07, 6.45) is 0.639. The van der Waals surface area contributed by atoms with Gasteiger partial charge in [0.25, 0.3) is 9.05 Å². The van der Waals surface area contributed by atoms with Crippen LogP contribution in [0.5, 0.6) is 5.75 Å². The van der Waals surface area contributed by atoms with Crippen molar-refractivity contribution in [3.05, 3.63) is 22.4 Å². The van der Waals surface area contributed by atoms with Crippen LogP contribution in [0.25, 0.3) is 0 Å². The Bertz CT molecular complexity index is 521. The maximum absolute atomic E-state index is 13.5. The summed E-state index contributed by atoms with van der Waals surface area (Å²) >= 11 is 3.10. The highest BCUT2D eigenvalue weighted by molar-refractivity contribution is 9.10. The van der Waals surface area contributed by atoms with E-state index in [1.807, 2.05) is 0 Å². The first-order valence-electron chi connectivity index (χ1n) is 4.91. The zero-order valence-corrected chi connectivity index (χ0v) is 12.6. The number of hydrogen-bond acceptors (Lipinski definition) is 4. The molecule has 1 aromatic carbocycles. The van der Waals surface area contributed by atoms with Crippen molar-refractivity contribution in [2.45, 2.75) is 11.3 Å². The molecular weight excluding hydrogens is 351 g/mol. The molecule has 0 atom stereocenters. The van der Waals surface area contributed by atoms with Crippen molar-refractivity contribution < 1.29 is 22.3 Å². The largest absolute Gasteiger partial charge is 0.492 e. The van der Waals surface area contributed by atoms with Crippen molar-refractivity contribution in [2.24, 2.45) is 0 Å². The van der Waals surface area contributed by atoms with Crippen LogP contribution in [-0.2, 0) is 13.8 Å². The van der Waals surface area contributed by atoms with Gasteiger partial charge in [-0.05, 0) is 22.0 Å². The fourth-order valence-corrected chi connectivity index (χ4v) is 2.71. The van der Waals surface area contributed by atoms with E-state index in [1.54, 1.807) is 7.11 Å². The van der Waals surface area contributed by atoms with E-state index in [0.29, 0.717) is 24.1 Å². The maximum atomic E-state index is 13.5. The molecule has 0 saturated heterocycles. The van der Waals surface area contributed by atoms with E-state index in [4.69, 9.17) is 20.2 Å². The number of methoxy groups -OCH3 is 1. The fourth-order valence-electron chi connectivity index (χ4n) is 1.19. The number of rotatable bonds is 6. The highest BCUT2D eigenvalue weighted by Gasteiger charge is 2.19. The van der Waals surface area contributed by atoms with Crippen LogP contribution in [0.15, 0.2) is 21.5 Å². The van der Waals surface area contributed by atoms with Gasteiger partial charge in [-0.25, -0.2) is 12.8 Å². The lowest BCUT2D eigenvalue weighted by atomic mass is 10.3. The van der Waals surface area contributed by atoms with E-state index in [1.165, 1.54) is 0 Å². The minimum absolute atomic E-state index is 0.215. The minimum atomic E-state index is -4.11. The number of hydrogen-bond donors (Lipinski definition) is 0. The van der Waals surface area contributed by atoms with E-state index in [2.05, 4.69) is 15.9 Å².